The minimum atomic E-state index is -0.185. The Bertz CT molecular complexity index is 679. The Kier molecular flexibility index (Phi) is 3.69. The molecule has 21 heavy (non-hydrogen) atoms. The van der Waals surface area contributed by atoms with Crippen LogP contribution in [-0.2, 0) is 6.42 Å². The van der Waals surface area contributed by atoms with Crippen LogP contribution in [0.25, 0.3) is 0 Å². The van der Waals surface area contributed by atoms with E-state index in [1.165, 1.54) is 5.56 Å². The first-order valence-corrected chi connectivity index (χ1v) is 6.99. The number of hydrazone groups is 1. The van der Waals surface area contributed by atoms with Gasteiger partial charge in [-0.25, -0.2) is 5.43 Å². The number of rotatable bonds is 2. The van der Waals surface area contributed by atoms with Gasteiger partial charge in [0.15, 0.2) is 0 Å². The molecule has 106 valence electrons. The number of para-hydroxylation sites is 1. The Morgan fingerprint density at radius 1 is 1.05 bits per heavy atom. The number of anilines is 1. The highest BCUT2D eigenvalue weighted by molar-refractivity contribution is 6.01. The van der Waals surface area contributed by atoms with Crippen molar-refractivity contribution in [2.24, 2.45) is 5.10 Å². The van der Waals surface area contributed by atoms with Gasteiger partial charge in [0.05, 0.1) is 0 Å². The summed E-state index contributed by atoms with van der Waals surface area (Å²) in [5.41, 5.74) is 5.71. The third-order valence-corrected chi connectivity index (χ3v) is 3.68. The van der Waals surface area contributed by atoms with Crippen LogP contribution in [0.2, 0.25) is 0 Å². The molecule has 0 atom stereocenters. The molecule has 0 bridgehead atoms. The van der Waals surface area contributed by atoms with Crippen LogP contribution in [0.1, 0.15) is 22.3 Å². The second-order valence-corrected chi connectivity index (χ2v) is 5.02. The highest BCUT2D eigenvalue weighted by Gasteiger charge is 2.19. The summed E-state index contributed by atoms with van der Waals surface area (Å²) in [6.07, 6.45) is 1.77. The smallest absolute Gasteiger partial charge is 0.271 e. The molecule has 3 rings (SSSR count). The molecule has 1 N–H and O–H groups in total. The quantitative estimate of drug-likeness (QED) is 0.859. The minimum absolute atomic E-state index is 0.185. The summed E-state index contributed by atoms with van der Waals surface area (Å²) in [6, 6.07) is 17.4. The van der Waals surface area contributed by atoms with Crippen molar-refractivity contribution in [2.75, 3.05) is 11.9 Å². The summed E-state index contributed by atoms with van der Waals surface area (Å²) in [7, 11) is 1.98. The predicted octanol–water partition coefficient (Wildman–Crippen LogP) is 2.81. The van der Waals surface area contributed by atoms with Crippen LogP contribution < -0.4 is 10.3 Å². The van der Waals surface area contributed by atoms with E-state index in [0.717, 1.165) is 24.4 Å². The van der Waals surface area contributed by atoms with Gasteiger partial charge in [0, 0.05) is 24.7 Å². The fraction of sp³-hybridized carbons (Fsp3) is 0.176. The molecule has 2 aromatic rings. The van der Waals surface area contributed by atoms with Gasteiger partial charge in [0.1, 0.15) is 5.84 Å². The van der Waals surface area contributed by atoms with Crippen molar-refractivity contribution in [3.63, 3.8) is 0 Å². The van der Waals surface area contributed by atoms with Crippen molar-refractivity contribution in [1.29, 1.82) is 0 Å². The molecule has 4 nitrogen and oxygen atoms in total. The molecule has 0 aromatic heterocycles. The van der Waals surface area contributed by atoms with Crippen LogP contribution in [0.15, 0.2) is 59.7 Å². The zero-order valence-corrected chi connectivity index (χ0v) is 11.9. The second kappa shape index (κ2) is 5.79. The van der Waals surface area contributed by atoms with Gasteiger partial charge in [-0.3, -0.25) is 4.79 Å². The molecule has 0 unspecified atom stereocenters. The number of carbonyl (C=O) groups is 1. The van der Waals surface area contributed by atoms with E-state index < -0.39 is 0 Å². The first-order valence-electron chi connectivity index (χ1n) is 6.99. The maximum atomic E-state index is 12.0. The Hall–Kier alpha value is -2.62. The third-order valence-electron chi connectivity index (χ3n) is 3.68. The normalized spacial score (nSPS) is 15.7. The number of benzene rings is 2. The molecule has 0 spiro atoms. The molecule has 0 radical (unpaired) electrons. The summed E-state index contributed by atoms with van der Waals surface area (Å²) >= 11 is 0. The number of hydrogen-bond donors (Lipinski definition) is 1. The van der Waals surface area contributed by atoms with E-state index in [2.05, 4.69) is 22.7 Å². The molecular formula is C17H17N3O. The lowest BCUT2D eigenvalue weighted by Crippen LogP contribution is -2.34. The Balaban J connectivity index is 1.75. The van der Waals surface area contributed by atoms with Crippen molar-refractivity contribution in [3.05, 3.63) is 65.7 Å². The first kappa shape index (κ1) is 13.4. The summed E-state index contributed by atoms with van der Waals surface area (Å²) in [5.74, 6) is 0.688. The topological polar surface area (TPSA) is 44.7 Å². The van der Waals surface area contributed by atoms with E-state index in [1.54, 1.807) is 12.1 Å². The average Bonchev–Trinajstić information content (AvgIpc) is 2.55. The molecule has 0 aliphatic carbocycles. The van der Waals surface area contributed by atoms with E-state index in [4.69, 9.17) is 0 Å². The zero-order valence-electron chi connectivity index (χ0n) is 11.9. The Labute approximate surface area is 124 Å². The molecule has 2 aromatic carbocycles. The standard InChI is InChI=1S/C17H17N3O/c1-20-15-10-6-5-7-13(15)11-12-16(20)18-19-17(21)14-8-3-2-4-9-14/h2-10H,11-12H2,1H3,(H,19,21)/b18-16+. The van der Waals surface area contributed by atoms with E-state index in [0.29, 0.717) is 5.56 Å². The summed E-state index contributed by atoms with van der Waals surface area (Å²) < 4.78 is 0. The monoisotopic (exact) mass is 279 g/mol. The van der Waals surface area contributed by atoms with Gasteiger partial charge in [-0.2, -0.15) is 5.10 Å². The van der Waals surface area contributed by atoms with Crippen LogP contribution in [0.5, 0.6) is 0 Å². The molecular weight excluding hydrogens is 262 g/mol. The molecule has 1 aliphatic heterocycles. The predicted molar refractivity (Wildman–Crippen MR) is 84.5 cm³/mol. The molecule has 0 fully saturated rings. The van der Waals surface area contributed by atoms with Gasteiger partial charge in [0.25, 0.3) is 5.91 Å². The fourth-order valence-corrected chi connectivity index (χ4v) is 2.50. The lowest BCUT2D eigenvalue weighted by Gasteiger charge is -2.28. The van der Waals surface area contributed by atoms with Gasteiger partial charge in [0.2, 0.25) is 0 Å². The number of fused-ring (bicyclic) bond motifs is 1. The number of nitrogens with zero attached hydrogens (tertiary/aromatic N) is 2. The zero-order chi connectivity index (χ0) is 14.7. The number of aryl methyl sites for hydroxylation is 1. The minimum Gasteiger partial charge on any atom is -0.331 e. The van der Waals surface area contributed by atoms with E-state index >= 15 is 0 Å². The van der Waals surface area contributed by atoms with Gasteiger partial charge < -0.3 is 4.90 Å². The van der Waals surface area contributed by atoms with Crippen molar-refractivity contribution in [2.45, 2.75) is 12.8 Å². The van der Waals surface area contributed by atoms with Crippen molar-refractivity contribution in [3.8, 4) is 0 Å². The number of nitrogens with one attached hydrogen (secondary N) is 1. The van der Waals surface area contributed by atoms with Crippen LogP contribution in [-0.4, -0.2) is 18.8 Å². The summed E-state index contributed by atoms with van der Waals surface area (Å²) in [4.78, 5) is 14.0. The number of amidine groups is 1. The number of amides is 1. The van der Waals surface area contributed by atoms with Gasteiger partial charge in [-0.1, -0.05) is 36.4 Å². The first-order chi connectivity index (χ1) is 10.3. The SMILES string of the molecule is CN1/C(=N/NC(=O)c2ccccc2)CCc2ccccc21. The molecule has 0 saturated carbocycles. The van der Waals surface area contributed by atoms with E-state index in [1.807, 2.05) is 42.3 Å². The molecule has 1 aliphatic rings. The maximum Gasteiger partial charge on any atom is 0.271 e. The summed E-state index contributed by atoms with van der Waals surface area (Å²) in [6.45, 7) is 0. The largest absolute Gasteiger partial charge is 0.331 e. The second-order valence-electron chi connectivity index (χ2n) is 5.02. The average molecular weight is 279 g/mol. The lowest BCUT2D eigenvalue weighted by molar-refractivity contribution is 0.0954. The maximum absolute atomic E-state index is 12.0. The molecule has 4 heteroatoms. The van der Waals surface area contributed by atoms with Crippen LogP contribution >= 0.6 is 0 Å². The number of hydrogen-bond acceptors (Lipinski definition) is 2. The van der Waals surface area contributed by atoms with Crippen LogP contribution in [0.4, 0.5) is 5.69 Å². The van der Waals surface area contributed by atoms with Crippen molar-refractivity contribution in [1.82, 2.24) is 5.43 Å². The van der Waals surface area contributed by atoms with Crippen LogP contribution in [0.3, 0.4) is 0 Å². The van der Waals surface area contributed by atoms with Crippen LogP contribution in [0, 0.1) is 0 Å². The number of carbonyl (C=O) groups excluding carboxylic acids is 1. The van der Waals surface area contributed by atoms with Crippen molar-refractivity contribution >= 4 is 17.4 Å². The van der Waals surface area contributed by atoms with Gasteiger partial charge in [-0.15, -0.1) is 0 Å². The highest BCUT2D eigenvalue weighted by Crippen LogP contribution is 2.26. The fourth-order valence-electron chi connectivity index (χ4n) is 2.50. The van der Waals surface area contributed by atoms with Gasteiger partial charge in [-0.05, 0) is 30.2 Å². The Morgan fingerprint density at radius 2 is 1.76 bits per heavy atom. The summed E-state index contributed by atoms with van der Waals surface area (Å²) in [5, 5.41) is 4.28. The molecule has 1 amide bonds. The van der Waals surface area contributed by atoms with Gasteiger partial charge >= 0.3 is 0 Å². The van der Waals surface area contributed by atoms with Crippen molar-refractivity contribution < 1.29 is 4.79 Å². The molecule has 0 saturated heterocycles. The lowest BCUT2D eigenvalue weighted by atomic mass is 10.0. The Morgan fingerprint density at radius 3 is 2.57 bits per heavy atom. The third kappa shape index (κ3) is 2.79. The van der Waals surface area contributed by atoms with E-state index in [9.17, 15) is 4.79 Å². The van der Waals surface area contributed by atoms with E-state index in [-0.39, 0.29) is 5.91 Å². The highest BCUT2D eigenvalue weighted by atomic mass is 16.2. The molecule has 1 heterocycles.